The predicted octanol–water partition coefficient (Wildman–Crippen LogP) is -0.323. The summed E-state index contributed by atoms with van der Waals surface area (Å²) in [7, 11) is 2.19. The Bertz CT molecular complexity index is 38.5. The van der Waals surface area contributed by atoms with Gasteiger partial charge < -0.3 is 0 Å². The monoisotopic (exact) mass is 83.0 g/mol. The van der Waals surface area contributed by atoms with E-state index in [1.54, 1.807) is 6.82 Å². The van der Waals surface area contributed by atoms with Gasteiger partial charge in [0.25, 0.3) is 0 Å². The number of rotatable bonds is 3. The molecule has 6 heavy (non-hydrogen) atoms. The van der Waals surface area contributed by atoms with E-state index >= 15 is 0 Å². The van der Waals surface area contributed by atoms with Crippen molar-refractivity contribution in [2.45, 2.75) is 6.82 Å². The fourth-order valence-electron chi connectivity index (χ4n) is 0.136. The summed E-state index contributed by atoms with van der Waals surface area (Å²) >= 11 is 0. The molecular weight excluding hydrogens is 77.6 g/mol. The van der Waals surface area contributed by atoms with Gasteiger partial charge in [-0.05, 0) is 0 Å². The molecule has 0 N–H and O–H groups in total. The van der Waals surface area contributed by atoms with Gasteiger partial charge in [-0.25, -0.2) is 0 Å². The van der Waals surface area contributed by atoms with Crippen LogP contribution in [0.1, 0.15) is 0 Å². The molecule has 0 aliphatic rings. The van der Waals surface area contributed by atoms with E-state index in [2.05, 4.69) is 4.65 Å². The maximum atomic E-state index is 9.42. The predicted molar refractivity (Wildman–Crippen MR) is 24.0 cm³/mol. The van der Waals surface area contributed by atoms with Gasteiger partial charge in [0.05, 0.1) is 0 Å². The maximum absolute atomic E-state index is 9.42. The molecule has 0 spiro atoms. The van der Waals surface area contributed by atoms with Crippen LogP contribution in [0.4, 0.5) is 0 Å². The van der Waals surface area contributed by atoms with Crippen molar-refractivity contribution in [3.05, 3.63) is 0 Å². The molecule has 0 atom stereocenters. The standard InChI is InChI=1S/C2H5B2O2/c1-3-6-2-4-5/h2H2,1H3. The van der Waals surface area contributed by atoms with Crippen molar-refractivity contribution in [3.63, 3.8) is 0 Å². The molecule has 0 unspecified atom stereocenters. The Hall–Kier alpha value is -0.110. The van der Waals surface area contributed by atoms with Crippen LogP contribution >= 0.6 is 0 Å². The molecule has 0 aromatic carbocycles. The van der Waals surface area contributed by atoms with Crippen molar-refractivity contribution in [2.75, 3.05) is 6.51 Å². The Kier molecular flexibility index (Phi) is 4.80. The summed E-state index contributed by atoms with van der Waals surface area (Å²) in [6, 6.07) is 0. The zero-order chi connectivity index (χ0) is 4.83. The fourth-order valence-corrected chi connectivity index (χ4v) is 0.136. The minimum absolute atomic E-state index is 0.177. The molecule has 1 radical (unpaired) electrons. The van der Waals surface area contributed by atoms with Gasteiger partial charge in [-0.1, -0.05) is 0 Å². The van der Waals surface area contributed by atoms with Crippen LogP contribution in [0, 0.1) is 0 Å². The van der Waals surface area contributed by atoms with Crippen molar-refractivity contribution in [1.29, 1.82) is 0 Å². The first kappa shape index (κ1) is 5.89. The quantitative estimate of drug-likeness (QED) is 0.345. The van der Waals surface area contributed by atoms with Crippen molar-refractivity contribution in [2.24, 2.45) is 0 Å². The summed E-state index contributed by atoms with van der Waals surface area (Å²) in [6.45, 7) is 1.90. The van der Waals surface area contributed by atoms with Crippen molar-refractivity contribution in [3.8, 4) is 0 Å². The molecule has 0 aromatic rings. The first-order valence-corrected chi connectivity index (χ1v) is 1.75. The summed E-state index contributed by atoms with van der Waals surface area (Å²) in [5, 5.41) is 0. The normalized spacial score (nSPS) is 6.83. The summed E-state index contributed by atoms with van der Waals surface area (Å²) in [5.74, 6) is 0. The summed E-state index contributed by atoms with van der Waals surface area (Å²) in [6.07, 6.45) is 0. The summed E-state index contributed by atoms with van der Waals surface area (Å²) in [4.78, 5) is 0. The third kappa shape index (κ3) is 3.89. The summed E-state index contributed by atoms with van der Waals surface area (Å²) < 4.78 is 13.9. The molecule has 0 heterocycles. The van der Waals surface area contributed by atoms with Gasteiger partial charge in [-0.3, -0.25) is 0 Å². The molecule has 0 rings (SSSR count). The third-order valence-electron chi connectivity index (χ3n) is 0.331. The van der Waals surface area contributed by atoms with Gasteiger partial charge in [0.1, 0.15) is 0 Å². The molecule has 0 aromatic heterocycles. The zero-order valence-electron chi connectivity index (χ0n) is 3.68. The molecule has 4 heteroatoms. The van der Waals surface area contributed by atoms with E-state index in [1.807, 2.05) is 0 Å². The van der Waals surface area contributed by atoms with Gasteiger partial charge in [0, 0.05) is 0 Å². The van der Waals surface area contributed by atoms with E-state index in [-0.39, 0.29) is 6.51 Å². The molecule has 31 valence electrons. The molecule has 2 nitrogen and oxygen atoms in total. The van der Waals surface area contributed by atoms with Crippen LogP contribution in [-0.4, -0.2) is 21.1 Å². The van der Waals surface area contributed by atoms with E-state index < -0.39 is 0 Å². The molecule has 0 fully saturated rings. The van der Waals surface area contributed by atoms with Crippen molar-refractivity contribution < 1.29 is 9.36 Å². The second-order valence-electron chi connectivity index (χ2n) is 0.736. The van der Waals surface area contributed by atoms with E-state index in [0.29, 0.717) is 7.15 Å². The number of hydrogen-bond donors (Lipinski definition) is 0. The van der Waals surface area contributed by atoms with Crippen LogP contribution in [0.15, 0.2) is 0 Å². The second-order valence-corrected chi connectivity index (χ2v) is 0.736. The molecule has 0 aliphatic heterocycles. The fraction of sp³-hybridized carbons (Fsp3) is 1.00. The van der Waals surface area contributed by atoms with Crippen LogP contribution < -0.4 is 0 Å². The Morgan fingerprint density at radius 2 is 2.50 bits per heavy atom. The van der Waals surface area contributed by atoms with Gasteiger partial charge in [0.2, 0.25) is 0 Å². The zero-order valence-corrected chi connectivity index (χ0v) is 3.68. The van der Waals surface area contributed by atoms with E-state index in [9.17, 15) is 4.70 Å². The number of hydrogen-bond acceptors (Lipinski definition) is 2. The van der Waals surface area contributed by atoms with Gasteiger partial charge in [-0.15, -0.1) is 0 Å². The van der Waals surface area contributed by atoms with Crippen LogP contribution in [0.25, 0.3) is 0 Å². The molecule has 0 bridgehead atoms. The minimum atomic E-state index is 0.177. The third-order valence-corrected chi connectivity index (χ3v) is 0.331. The van der Waals surface area contributed by atoms with Gasteiger partial charge in [-0.2, -0.15) is 0 Å². The first-order chi connectivity index (χ1) is 2.91. The van der Waals surface area contributed by atoms with Gasteiger partial charge in [0.15, 0.2) is 0 Å². The molecular formula is C2H5B2O2. The van der Waals surface area contributed by atoms with E-state index in [0.717, 1.165) is 0 Å². The Morgan fingerprint density at radius 1 is 1.83 bits per heavy atom. The van der Waals surface area contributed by atoms with Crippen LogP contribution in [0.5, 0.6) is 0 Å². The molecule has 0 amide bonds. The average molecular weight is 82.7 g/mol. The van der Waals surface area contributed by atoms with E-state index in [4.69, 9.17) is 0 Å². The first-order valence-electron chi connectivity index (χ1n) is 1.75. The van der Waals surface area contributed by atoms with Crippen LogP contribution in [-0.2, 0) is 9.36 Å². The summed E-state index contributed by atoms with van der Waals surface area (Å²) in [5.41, 5.74) is 0. The van der Waals surface area contributed by atoms with Crippen molar-refractivity contribution in [1.82, 2.24) is 0 Å². The Labute approximate surface area is 38.4 Å². The average Bonchev–Trinajstić information content (AvgIpc) is 1.61. The van der Waals surface area contributed by atoms with Crippen LogP contribution in [0.2, 0.25) is 6.82 Å². The van der Waals surface area contributed by atoms with Crippen molar-refractivity contribution >= 4 is 14.6 Å². The van der Waals surface area contributed by atoms with E-state index in [1.165, 1.54) is 7.48 Å². The van der Waals surface area contributed by atoms with Gasteiger partial charge >= 0.3 is 37.3 Å². The molecule has 0 saturated heterocycles. The SMILES string of the molecule is C[B]OCB=O. The molecule has 0 saturated carbocycles. The Morgan fingerprint density at radius 3 is 2.67 bits per heavy atom. The van der Waals surface area contributed by atoms with Crippen LogP contribution in [0.3, 0.4) is 0 Å². The topological polar surface area (TPSA) is 26.3 Å². The molecule has 0 aliphatic carbocycles. The second kappa shape index (κ2) is 4.89. The Balaban J connectivity index is 2.49.